The average Bonchev–Trinajstić information content (AvgIpc) is 2.80. The Kier molecular flexibility index (Phi) is 9.04. The van der Waals surface area contributed by atoms with Crippen molar-refractivity contribution in [3.63, 3.8) is 0 Å². The van der Waals surface area contributed by atoms with E-state index in [9.17, 15) is 27.2 Å². The van der Waals surface area contributed by atoms with Crippen molar-refractivity contribution in [3.05, 3.63) is 70.5 Å². The van der Waals surface area contributed by atoms with Crippen LogP contribution in [0.1, 0.15) is 35.3 Å². The van der Waals surface area contributed by atoms with Crippen LogP contribution in [-0.2, 0) is 11.3 Å². The highest BCUT2D eigenvalue weighted by atomic mass is 19.4. The molecule has 0 aliphatic carbocycles. The lowest BCUT2D eigenvalue weighted by molar-refractivity contribution is -0.155. The van der Waals surface area contributed by atoms with Gasteiger partial charge in [-0.15, -0.1) is 0 Å². The van der Waals surface area contributed by atoms with Gasteiger partial charge < -0.3 is 27.3 Å². The van der Waals surface area contributed by atoms with Gasteiger partial charge in [0.15, 0.2) is 0 Å². The molecule has 2 aromatic rings. The molecule has 2 aromatic carbocycles. The molecule has 0 bridgehead atoms. The van der Waals surface area contributed by atoms with Crippen molar-refractivity contribution >= 4 is 23.3 Å². The van der Waals surface area contributed by atoms with Gasteiger partial charge in [-0.3, -0.25) is 14.6 Å². The van der Waals surface area contributed by atoms with E-state index in [1.165, 1.54) is 39.2 Å². The summed E-state index contributed by atoms with van der Waals surface area (Å²) in [5, 5.41) is 2.62. The topological polar surface area (TPSA) is 146 Å². The Morgan fingerprint density at radius 2 is 1.67 bits per heavy atom. The summed E-state index contributed by atoms with van der Waals surface area (Å²) >= 11 is 0. The lowest BCUT2D eigenvalue weighted by atomic mass is 10.0. The Hall–Kier alpha value is -4.09. The third-order valence-corrected chi connectivity index (χ3v) is 5.14. The van der Waals surface area contributed by atoms with Crippen LogP contribution in [0, 0.1) is 11.7 Å². The summed E-state index contributed by atoms with van der Waals surface area (Å²) in [6.45, 7) is 2.68. The van der Waals surface area contributed by atoms with Crippen molar-refractivity contribution in [1.29, 1.82) is 0 Å². The van der Waals surface area contributed by atoms with Gasteiger partial charge in [-0.25, -0.2) is 4.39 Å². The zero-order valence-electron chi connectivity index (χ0n) is 19.8. The molecule has 1 unspecified atom stereocenters. The molecule has 0 spiro atoms. The number of nitrogens with zero attached hydrogens (tertiary/aromatic N) is 1. The Morgan fingerprint density at radius 1 is 1.06 bits per heavy atom. The fourth-order valence-electron chi connectivity index (χ4n) is 3.29. The second-order valence-electron chi connectivity index (χ2n) is 8.12. The Bertz CT molecular complexity index is 1180. The van der Waals surface area contributed by atoms with Crippen LogP contribution in [0.5, 0.6) is 5.75 Å². The average molecular weight is 510 g/mol. The predicted molar refractivity (Wildman–Crippen MR) is 127 cm³/mol. The maximum atomic E-state index is 13.5. The molecule has 0 fully saturated rings. The Labute approximate surface area is 205 Å². The zero-order chi connectivity index (χ0) is 27.2. The second-order valence-corrected chi connectivity index (χ2v) is 8.12. The molecule has 0 saturated heterocycles. The summed E-state index contributed by atoms with van der Waals surface area (Å²) < 4.78 is 58.4. The highest BCUT2D eigenvalue weighted by Gasteiger charge is 2.42. The number of amidine groups is 1. The van der Waals surface area contributed by atoms with Gasteiger partial charge in [-0.2, -0.15) is 13.2 Å². The number of rotatable bonds is 9. The quantitative estimate of drug-likeness (QED) is 0.178. The van der Waals surface area contributed by atoms with E-state index in [1.54, 1.807) is 12.1 Å². The summed E-state index contributed by atoms with van der Waals surface area (Å²) in [6, 6.07) is 7.45. The van der Waals surface area contributed by atoms with Crippen LogP contribution in [0.25, 0.3) is 5.70 Å². The van der Waals surface area contributed by atoms with Crippen LogP contribution < -0.4 is 27.3 Å². The number of alkyl halides is 3. The Morgan fingerprint density at radius 3 is 2.17 bits per heavy atom. The monoisotopic (exact) mass is 509 g/mol. The van der Waals surface area contributed by atoms with Crippen LogP contribution in [0.2, 0.25) is 0 Å². The number of aliphatic imine (C=N–C) groups is 1. The largest absolute Gasteiger partial charge is 0.496 e. The van der Waals surface area contributed by atoms with Gasteiger partial charge in [0, 0.05) is 6.54 Å². The summed E-state index contributed by atoms with van der Waals surface area (Å²) in [7, 11) is 1.35. The van der Waals surface area contributed by atoms with Crippen molar-refractivity contribution in [2.75, 3.05) is 7.11 Å². The van der Waals surface area contributed by atoms with Crippen LogP contribution in [0.15, 0.2) is 53.0 Å². The number of ether oxygens (including phenoxy) is 1. The molecule has 0 aliphatic rings. The third kappa shape index (κ3) is 6.96. The molecule has 0 aliphatic heterocycles. The first kappa shape index (κ1) is 28.1. The van der Waals surface area contributed by atoms with E-state index >= 15 is 0 Å². The minimum absolute atomic E-state index is 0.0146. The number of halogens is 4. The van der Waals surface area contributed by atoms with E-state index in [4.69, 9.17) is 21.9 Å². The maximum absolute atomic E-state index is 13.5. The first-order valence-corrected chi connectivity index (χ1v) is 10.7. The van der Waals surface area contributed by atoms with Crippen molar-refractivity contribution in [3.8, 4) is 5.75 Å². The number of hydrogen-bond donors (Lipinski definition) is 4. The summed E-state index contributed by atoms with van der Waals surface area (Å²) in [6.07, 6.45) is -4.68. The minimum Gasteiger partial charge on any atom is -0.496 e. The number of nitrogens with two attached hydrogens (primary N) is 3. The van der Waals surface area contributed by atoms with Gasteiger partial charge in [-0.05, 0) is 35.2 Å². The number of hydrogen-bond acceptors (Lipinski definition) is 5. The fourth-order valence-corrected chi connectivity index (χ4v) is 3.29. The molecule has 12 heteroatoms. The minimum atomic E-state index is -4.68. The molecule has 2 rings (SSSR count). The molecule has 36 heavy (non-hydrogen) atoms. The molecule has 0 heterocycles. The standard InChI is InChI=1S/C24H27F4N5O3/c1-12(2)20(24(26,27)28)33-21(30)18(22(31)34)19(29)14-6-4-13(5-7-14)11-32-23(35)16-10-15(25)8-9-17(16)36-3/h4-10,12,20H,11,29H2,1-3H3,(H2,30,33)(H2,31,34)(H,32,35). The van der Waals surface area contributed by atoms with Gasteiger partial charge in [-0.1, -0.05) is 38.1 Å². The first-order chi connectivity index (χ1) is 16.8. The molecule has 0 saturated carbocycles. The SMILES string of the molecule is COc1ccc(F)cc1C(=O)NCc1ccc(C(N)=C(C(N)=O)C(N)=NC(C(C)C)C(F)(F)F)cc1. The van der Waals surface area contributed by atoms with E-state index in [0.29, 0.717) is 5.56 Å². The molecule has 7 N–H and O–H groups in total. The lowest BCUT2D eigenvalue weighted by Gasteiger charge is -2.21. The van der Waals surface area contributed by atoms with Crippen molar-refractivity contribution in [1.82, 2.24) is 5.32 Å². The number of methoxy groups -OCH3 is 1. The van der Waals surface area contributed by atoms with Crippen molar-refractivity contribution in [2.45, 2.75) is 32.6 Å². The van der Waals surface area contributed by atoms with Crippen LogP contribution in [0.4, 0.5) is 17.6 Å². The zero-order valence-corrected chi connectivity index (χ0v) is 19.8. The normalized spacial score (nSPS) is 13.7. The van der Waals surface area contributed by atoms with E-state index < -0.39 is 47.2 Å². The third-order valence-electron chi connectivity index (χ3n) is 5.14. The molecule has 0 radical (unpaired) electrons. The predicted octanol–water partition coefficient (Wildman–Crippen LogP) is 2.86. The highest BCUT2D eigenvalue weighted by Crippen LogP contribution is 2.29. The first-order valence-electron chi connectivity index (χ1n) is 10.7. The Balaban J connectivity index is 2.27. The number of carbonyl (C=O) groups excluding carboxylic acids is 2. The van der Waals surface area contributed by atoms with E-state index in [2.05, 4.69) is 10.3 Å². The van der Waals surface area contributed by atoms with E-state index in [0.717, 1.165) is 12.1 Å². The molecular weight excluding hydrogens is 482 g/mol. The van der Waals surface area contributed by atoms with Gasteiger partial charge in [0.1, 0.15) is 29.0 Å². The van der Waals surface area contributed by atoms with Gasteiger partial charge in [0.05, 0.1) is 18.4 Å². The fraction of sp³-hybridized carbons (Fsp3) is 0.292. The lowest BCUT2D eigenvalue weighted by Crippen LogP contribution is -2.37. The van der Waals surface area contributed by atoms with E-state index in [-0.39, 0.29) is 29.1 Å². The number of amides is 2. The second kappa shape index (κ2) is 11.6. The van der Waals surface area contributed by atoms with Gasteiger partial charge in [0.25, 0.3) is 11.8 Å². The van der Waals surface area contributed by atoms with E-state index in [1.807, 2.05) is 0 Å². The molecule has 2 amide bonds. The summed E-state index contributed by atoms with van der Waals surface area (Å²) in [5.74, 6) is -3.78. The van der Waals surface area contributed by atoms with Crippen molar-refractivity contribution < 1.29 is 31.9 Å². The highest BCUT2D eigenvalue weighted by molar-refractivity contribution is 6.24. The smallest absolute Gasteiger partial charge is 0.411 e. The number of benzene rings is 2. The maximum Gasteiger partial charge on any atom is 0.411 e. The van der Waals surface area contributed by atoms with Gasteiger partial charge in [0.2, 0.25) is 0 Å². The van der Waals surface area contributed by atoms with Crippen LogP contribution in [-0.4, -0.2) is 37.0 Å². The van der Waals surface area contributed by atoms with Gasteiger partial charge >= 0.3 is 6.18 Å². The number of primary amides is 1. The molecule has 1 atom stereocenters. The van der Waals surface area contributed by atoms with Crippen LogP contribution >= 0.6 is 0 Å². The number of nitrogens with one attached hydrogen (secondary N) is 1. The van der Waals surface area contributed by atoms with Crippen molar-refractivity contribution in [2.24, 2.45) is 28.1 Å². The molecular formula is C24H27F4N5O3. The molecule has 8 nitrogen and oxygen atoms in total. The summed E-state index contributed by atoms with van der Waals surface area (Å²) in [4.78, 5) is 27.9. The molecule has 194 valence electrons. The molecule has 0 aromatic heterocycles. The number of carbonyl (C=O) groups is 2. The van der Waals surface area contributed by atoms with Crippen LogP contribution in [0.3, 0.4) is 0 Å². The summed E-state index contributed by atoms with van der Waals surface area (Å²) in [5.41, 5.74) is 17.1.